The van der Waals surface area contributed by atoms with Crippen LogP contribution in [0, 0.1) is 0 Å². The first-order valence-electron chi connectivity index (χ1n) is 9.89. The van der Waals surface area contributed by atoms with Gasteiger partial charge in [-0.05, 0) is 64.6 Å². The Morgan fingerprint density at radius 2 is 1.78 bits per heavy atom. The van der Waals surface area contributed by atoms with Crippen LogP contribution in [-0.2, 0) is 0 Å². The van der Waals surface area contributed by atoms with Crippen LogP contribution in [-0.4, -0.2) is 13.1 Å². The molecule has 0 heterocycles. The van der Waals surface area contributed by atoms with Crippen molar-refractivity contribution in [1.82, 2.24) is 5.32 Å². The molecule has 150 valence electrons. The van der Waals surface area contributed by atoms with Crippen molar-refractivity contribution in [1.29, 1.82) is 0 Å². The molecule has 0 atom stereocenters. The van der Waals surface area contributed by atoms with Crippen molar-refractivity contribution in [3.8, 4) is 0 Å². The van der Waals surface area contributed by atoms with Gasteiger partial charge in [0.05, 0.1) is 0 Å². The lowest BCUT2D eigenvalue weighted by atomic mass is 10.2. The van der Waals surface area contributed by atoms with Gasteiger partial charge in [0, 0.05) is 22.1 Å². The monoisotopic (exact) mass is 386 g/mol. The molecular formula is C24H38N2S. The highest BCUT2D eigenvalue weighted by Gasteiger charge is 2.00. The Morgan fingerprint density at radius 1 is 1.04 bits per heavy atom. The maximum absolute atomic E-state index is 5.49. The van der Waals surface area contributed by atoms with Gasteiger partial charge in [0.1, 0.15) is 0 Å². The summed E-state index contributed by atoms with van der Waals surface area (Å²) in [5, 5.41) is 3.30. The molecule has 27 heavy (non-hydrogen) atoms. The Labute approximate surface area is 171 Å². The van der Waals surface area contributed by atoms with Crippen LogP contribution in [0.5, 0.6) is 0 Å². The first-order valence-corrected chi connectivity index (χ1v) is 10.7. The van der Waals surface area contributed by atoms with E-state index in [4.69, 9.17) is 5.73 Å². The van der Waals surface area contributed by atoms with Gasteiger partial charge in [-0.25, -0.2) is 0 Å². The van der Waals surface area contributed by atoms with Crippen molar-refractivity contribution in [3.05, 3.63) is 82.3 Å². The Hall–Kier alpha value is -1.71. The van der Waals surface area contributed by atoms with Gasteiger partial charge in [-0.3, -0.25) is 0 Å². The first-order chi connectivity index (χ1) is 13.1. The maximum Gasteiger partial charge on any atom is 0.0263 e. The van der Waals surface area contributed by atoms with E-state index in [0.29, 0.717) is 0 Å². The third kappa shape index (κ3) is 14.1. The predicted octanol–water partition coefficient (Wildman–Crippen LogP) is 6.78. The molecule has 0 aromatic rings. The van der Waals surface area contributed by atoms with Gasteiger partial charge in [-0.15, -0.1) is 0 Å². The third-order valence-corrected chi connectivity index (χ3v) is 4.96. The van der Waals surface area contributed by atoms with Crippen LogP contribution in [0.1, 0.15) is 53.4 Å². The van der Waals surface area contributed by atoms with E-state index in [-0.39, 0.29) is 0 Å². The standard InChI is InChI=1S/C24H38N2S/c1-6-9-16-21(4)24(15-7-2)27-23(8-3)18-12-10-11-17-22(5)26-20-14-13-19-25/h7-9,11-12,15-18,26H,5-6,10,13-14,19-20,25H2,1-4H3/b15-7-,16-9+,17-11-,18-12+,23-8-,24-21+. The molecule has 0 saturated carbocycles. The van der Waals surface area contributed by atoms with Crippen LogP contribution >= 0.6 is 11.8 Å². The fourth-order valence-corrected chi connectivity index (χ4v) is 3.11. The molecule has 0 unspecified atom stereocenters. The zero-order valence-corrected chi connectivity index (χ0v) is 18.4. The molecule has 0 spiro atoms. The summed E-state index contributed by atoms with van der Waals surface area (Å²) >= 11 is 1.80. The molecule has 0 rings (SSSR count). The highest BCUT2D eigenvalue weighted by Crippen LogP contribution is 2.30. The second-order valence-electron chi connectivity index (χ2n) is 6.14. The van der Waals surface area contributed by atoms with Gasteiger partial charge in [0.15, 0.2) is 0 Å². The van der Waals surface area contributed by atoms with Gasteiger partial charge in [0.2, 0.25) is 0 Å². The summed E-state index contributed by atoms with van der Waals surface area (Å²) < 4.78 is 0. The average Bonchev–Trinajstić information content (AvgIpc) is 2.67. The number of hydrogen-bond acceptors (Lipinski definition) is 3. The minimum atomic E-state index is 0.749. The van der Waals surface area contributed by atoms with E-state index in [0.717, 1.165) is 44.5 Å². The zero-order chi connectivity index (χ0) is 20.3. The van der Waals surface area contributed by atoms with Crippen molar-refractivity contribution >= 4 is 11.8 Å². The first kappa shape index (κ1) is 25.3. The second-order valence-corrected chi connectivity index (χ2v) is 7.25. The molecule has 0 aliphatic heterocycles. The van der Waals surface area contributed by atoms with E-state index in [1.165, 1.54) is 15.4 Å². The second kappa shape index (κ2) is 17.7. The highest BCUT2D eigenvalue weighted by molar-refractivity contribution is 8.07. The van der Waals surface area contributed by atoms with Crippen LogP contribution in [0.4, 0.5) is 0 Å². The lowest BCUT2D eigenvalue weighted by Crippen LogP contribution is -2.13. The topological polar surface area (TPSA) is 38.0 Å². The summed E-state index contributed by atoms with van der Waals surface area (Å²) in [5.74, 6) is 0. The van der Waals surface area contributed by atoms with Crippen LogP contribution in [0.3, 0.4) is 0 Å². The molecule has 0 aromatic heterocycles. The maximum atomic E-state index is 5.49. The number of rotatable bonds is 14. The largest absolute Gasteiger partial charge is 0.386 e. The van der Waals surface area contributed by atoms with E-state index in [1.54, 1.807) is 11.8 Å². The van der Waals surface area contributed by atoms with Crippen LogP contribution in [0.2, 0.25) is 0 Å². The smallest absolute Gasteiger partial charge is 0.0263 e. The van der Waals surface area contributed by atoms with E-state index in [2.05, 4.69) is 88.2 Å². The van der Waals surface area contributed by atoms with E-state index in [1.807, 2.05) is 6.08 Å². The molecule has 0 aliphatic rings. The Kier molecular flexibility index (Phi) is 16.6. The number of unbranched alkanes of at least 4 members (excludes halogenated alkanes) is 1. The number of thioether (sulfide) groups is 1. The van der Waals surface area contributed by atoms with Gasteiger partial charge in [-0.1, -0.05) is 73.9 Å². The molecule has 0 bridgehead atoms. The number of allylic oxidation sites excluding steroid dienone is 10. The molecule has 3 heteroatoms. The molecule has 0 saturated heterocycles. The Bertz CT molecular complexity index is 590. The third-order valence-electron chi connectivity index (χ3n) is 3.68. The lowest BCUT2D eigenvalue weighted by Gasteiger charge is -2.06. The zero-order valence-electron chi connectivity index (χ0n) is 17.6. The van der Waals surface area contributed by atoms with Crippen molar-refractivity contribution in [2.75, 3.05) is 13.1 Å². The molecule has 0 amide bonds. The fourth-order valence-electron chi connectivity index (χ4n) is 2.14. The van der Waals surface area contributed by atoms with Crippen LogP contribution < -0.4 is 11.1 Å². The minimum Gasteiger partial charge on any atom is -0.386 e. The van der Waals surface area contributed by atoms with Crippen molar-refractivity contribution in [2.24, 2.45) is 5.73 Å². The van der Waals surface area contributed by atoms with Gasteiger partial charge >= 0.3 is 0 Å². The van der Waals surface area contributed by atoms with E-state index < -0.39 is 0 Å². The lowest BCUT2D eigenvalue weighted by molar-refractivity contribution is 0.692. The van der Waals surface area contributed by atoms with Gasteiger partial charge < -0.3 is 11.1 Å². The molecule has 0 aliphatic carbocycles. The quantitative estimate of drug-likeness (QED) is 0.255. The Balaban J connectivity index is 4.60. The normalized spacial score (nSPS) is 14.0. The minimum absolute atomic E-state index is 0.749. The summed E-state index contributed by atoms with van der Waals surface area (Å²) in [5.41, 5.74) is 7.74. The molecule has 0 fully saturated rings. The van der Waals surface area contributed by atoms with Crippen LogP contribution in [0.25, 0.3) is 0 Å². The average molecular weight is 387 g/mol. The highest BCUT2D eigenvalue weighted by atomic mass is 32.2. The summed E-state index contributed by atoms with van der Waals surface area (Å²) in [6, 6.07) is 0. The van der Waals surface area contributed by atoms with Crippen molar-refractivity contribution in [2.45, 2.75) is 53.4 Å². The van der Waals surface area contributed by atoms with Gasteiger partial charge in [0.25, 0.3) is 0 Å². The molecule has 0 radical (unpaired) electrons. The molecule has 2 nitrogen and oxygen atoms in total. The number of nitrogens with one attached hydrogen (secondary N) is 1. The summed E-state index contributed by atoms with van der Waals surface area (Å²) in [6.45, 7) is 14.2. The SMILES string of the molecule is C=C(/C=C\C/C=C/C(=C/C)SC(/C=C\C)=C(C)/C=C/CC)NCCCCN. The molecule has 0 aromatic carbocycles. The summed E-state index contributed by atoms with van der Waals surface area (Å²) in [4.78, 5) is 2.53. The predicted molar refractivity (Wildman–Crippen MR) is 127 cm³/mol. The number of hydrogen-bond donors (Lipinski definition) is 2. The Morgan fingerprint density at radius 3 is 2.41 bits per heavy atom. The van der Waals surface area contributed by atoms with E-state index in [9.17, 15) is 0 Å². The molecular weight excluding hydrogens is 348 g/mol. The van der Waals surface area contributed by atoms with Crippen molar-refractivity contribution in [3.63, 3.8) is 0 Å². The van der Waals surface area contributed by atoms with Gasteiger partial charge in [-0.2, -0.15) is 0 Å². The number of nitrogens with two attached hydrogens (primary N) is 1. The van der Waals surface area contributed by atoms with Crippen LogP contribution in [0.15, 0.2) is 82.3 Å². The van der Waals surface area contributed by atoms with Crippen molar-refractivity contribution < 1.29 is 0 Å². The van der Waals surface area contributed by atoms with E-state index >= 15 is 0 Å². The fraction of sp³-hybridized carbons (Fsp3) is 0.417. The molecule has 3 N–H and O–H groups in total. The summed E-state index contributed by atoms with van der Waals surface area (Å²) in [6.07, 6.45) is 23.5. The summed E-state index contributed by atoms with van der Waals surface area (Å²) in [7, 11) is 0.